The van der Waals surface area contributed by atoms with Crippen molar-refractivity contribution in [1.82, 2.24) is 10.2 Å². The van der Waals surface area contributed by atoms with Crippen molar-refractivity contribution in [3.63, 3.8) is 0 Å². The molecule has 1 heterocycles. The molecule has 1 fully saturated rings. The summed E-state index contributed by atoms with van der Waals surface area (Å²) in [7, 11) is 1.77. The van der Waals surface area contributed by atoms with Crippen molar-refractivity contribution >= 4 is 23.6 Å². The molecule has 1 amide bonds. The molecule has 4 nitrogen and oxygen atoms in total. The van der Waals surface area contributed by atoms with Gasteiger partial charge in [-0.05, 0) is 43.5 Å². The SMILES string of the molecule is COC1CCN(CCNC(=O)C(C)=Cc2ccc(Cl)cc2)CC1. The van der Waals surface area contributed by atoms with E-state index in [0.29, 0.717) is 23.2 Å². The zero-order chi connectivity index (χ0) is 16.7. The van der Waals surface area contributed by atoms with Crippen LogP contribution in [-0.2, 0) is 9.53 Å². The van der Waals surface area contributed by atoms with Crippen LogP contribution in [-0.4, -0.2) is 50.2 Å². The van der Waals surface area contributed by atoms with Crippen molar-refractivity contribution in [2.24, 2.45) is 0 Å². The molecule has 1 aliphatic rings. The fourth-order valence-electron chi connectivity index (χ4n) is 2.71. The number of piperidine rings is 1. The first-order valence-corrected chi connectivity index (χ1v) is 8.43. The van der Waals surface area contributed by atoms with E-state index >= 15 is 0 Å². The van der Waals surface area contributed by atoms with Gasteiger partial charge in [-0.15, -0.1) is 0 Å². The number of methoxy groups -OCH3 is 1. The largest absolute Gasteiger partial charge is 0.381 e. The second-order valence-electron chi connectivity index (χ2n) is 5.91. The Balaban J connectivity index is 1.73. The molecule has 1 saturated heterocycles. The number of carbonyl (C=O) groups is 1. The van der Waals surface area contributed by atoms with Gasteiger partial charge in [-0.3, -0.25) is 4.79 Å². The molecule has 1 aromatic carbocycles. The minimum absolute atomic E-state index is 0.0215. The van der Waals surface area contributed by atoms with Crippen LogP contribution < -0.4 is 5.32 Å². The van der Waals surface area contributed by atoms with Gasteiger partial charge < -0.3 is 15.0 Å². The van der Waals surface area contributed by atoms with Gasteiger partial charge in [0.1, 0.15) is 0 Å². The lowest BCUT2D eigenvalue weighted by Crippen LogP contribution is -2.41. The average Bonchev–Trinajstić information content (AvgIpc) is 2.57. The van der Waals surface area contributed by atoms with Gasteiger partial charge >= 0.3 is 0 Å². The quantitative estimate of drug-likeness (QED) is 0.812. The number of rotatable bonds is 6. The summed E-state index contributed by atoms with van der Waals surface area (Å²) in [4.78, 5) is 14.5. The molecule has 0 aliphatic carbocycles. The summed E-state index contributed by atoms with van der Waals surface area (Å²) in [6.45, 7) is 5.45. The molecule has 5 heteroatoms. The minimum atomic E-state index is -0.0215. The van der Waals surface area contributed by atoms with Crippen molar-refractivity contribution in [3.05, 3.63) is 40.4 Å². The molecular weight excluding hydrogens is 312 g/mol. The molecule has 0 aromatic heterocycles. The highest BCUT2D eigenvalue weighted by atomic mass is 35.5. The van der Waals surface area contributed by atoms with E-state index in [4.69, 9.17) is 16.3 Å². The second-order valence-corrected chi connectivity index (χ2v) is 6.35. The van der Waals surface area contributed by atoms with Gasteiger partial charge in [0.25, 0.3) is 0 Å². The molecule has 1 aliphatic heterocycles. The molecule has 0 unspecified atom stereocenters. The van der Waals surface area contributed by atoms with Crippen molar-refractivity contribution in [1.29, 1.82) is 0 Å². The number of hydrogen-bond donors (Lipinski definition) is 1. The van der Waals surface area contributed by atoms with Crippen molar-refractivity contribution in [3.8, 4) is 0 Å². The summed E-state index contributed by atoms with van der Waals surface area (Å²) in [6.07, 6.45) is 4.40. The normalized spacial score (nSPS) is 17.3. The highest BCUT2D eigenvalue weighted by Crippen LogP contribution is 2.13. The van der Waals surface area contributed by atoms with E-state index < -0.39 is 0 Å². The number of benzene rings is 1. The number of nitrogens with zero attached hydrogens (tertiary/aromatic N) is 1. The Morgan fingerprint density at radius 1 is 1.35 bits per heavy atom. The van der Waals surface area contributed by atoms with Crippen molar-refractivity contribution in [2.45, 2.75) is 25.9 Å². The number of amides is 1. The van der Waals surface area contributed by atoms with Crippen LogP contribution in [0.1, 0.15) is 25.3 Å². The Morgan fingerprint density at radius 3 is 2.61 bits per heavy atom. The average molecular weight is 337 g/mol. The molecule has 1 N–H and O–H groups in total. The Kier molecular flexibility index (Phi) is 7.09. The Morgan fingerprint density at radius 2 is 2.00 bits per heavy atom. The third kappa shape index (κ3) is 5.98. The zero-order valence-corrected chi connectivity index (χ0v) is 14.6. The molecule has 0 bridgehead atoms. The highest BCUT2D eigenvalue weighted by Gasteiger charge is 2.18. The van der Waals surface area contributed by atoms with Gasteiger partial charge in [0.05, 0.1) is 6.10 Å². The predicted molar refractivity (Wildman–Crippen MR) is 94.6 cm³/mol. The van der Waals surface area contributed by atoms with E-state index in [9.17, 15) is 4.79 Å². The first-order valence-electron chi connectivity index (χ1n) is 8.05. The molecule has 2 rings (SSSR count). The molecule has 23 heavy (non-hydrogen) atoms. The number of likely N-dealkylation sites (tertiary alicyclic amines) is 1. The van der Waals surface area contributed by atoms with E-state index in [2.05, 4.69) is 10.2 Å². The smallest absolute Gasteiger partial charge is 0.246 e. The van der Waals surface area contributed by atoms with Gasteiger partial charge in [0.2, 0.25) is 5.91 Å². The Bertz CT molecular complexity index is 534. The first kappa shape index (κ1) is 18.0. The summed E-state index contributed by atoms with van der Waals surface area (Å²) >= 11 is 5.86. The van der Waals surface area contributed by atoms with Crippen LogP contribution in [0.2, 0.25) is 5.02 Å². The van der Waals surface area contributed by atoms with Crippen LogP contribution in [0.4, 0.5) is 0 Å². The van der Waals surface area contributed by atoms with Gasteiger partial charge in [0.15, 0.2) is 0 Å². The second kappa shape index (κ2) is 9.06. The van der Waals surface area contributed by atoms with Crippen LogP contribution in [0.15, 0.2) is 29.8 Å². The van der Waals surface area contributed by atoms with Crippen LogP contribution in [0.5, 0.6) is 0 Å². The summed E-state index contributed by atoms with van der Waals surface area (Å²) in [5, 5.41) is 3.68. The predicted octanol–water partition coefficient (Wildman–Crippen LogP) is 2.97. The number of hydrogen-bond acceptors (Lipinski definition) is 3. The summed E-state index contributed by atoms with van der Waals surface area (Å²) in [5.74, 6) is -0.0215. The lowest BCUT2D eigenvalue weighted by molar-refractivity contribution is -0.117. The first-order chi connectivity index (χ1) is 11.1. The number of carbonyl (C=O) groups excluding carboxylic acids is 1. The maximum atomic E-state index is 12.1. The topological polar surface area (TPSA) is 41.6 Å². The Hall–Kier alpha value is -1.36. The fourth-order valence-corrected chi connectivity index (χ4v) is 2.84. The molecule has 0 saturated carbocycles. The third-order valence-electron chi connectivity index (χ3n) is 4.19. The van der Waals surface area contributed by atoms with E-state index in [1.165, 1.54) is 0 Å². The highest BCUT2D eigenvalue weighted by molar-refractivity contribution is 6.30. The van der Waals surface area contributed by atoms with E-state index in [0.717, 1.165) is 38.0 Å². The lowest BCUT2D eigenvalue weighted by Gasteiger charge is -2.31. The van der Waals surface area contributed by atoms with Gasteiger partial charge in [-0.2, -0.15) is 0 Å². The van der Waals surface area contributed by atoms with Gasteiger partial charge in [-0.25, -0.2) is 0 Å². The van der Waals surface area contributed by atoms with Crippen LogP contribution in [0, 0.1) is 0 Å². The van der Waals surface area contributed by atoms with E-state index in [1.807, 2.05) is 37.3 Å². The fraction of sp³-hybridized carbons (Fsp3) is 0.500. The van der Waals surface area contributed by atoms with E-state index in [1.54, 1.807) is 7.11 Å². The van der Waals surface area contributed by atoms with E-state index in [-0.39, 0.29) is 5.91 Å². The maximum Gasteiger partial charge on any atom is 0.246 e. The van der Waals surface area contributed by atoms with Crippen molar-refractivity contribution in [2.75, 3.05) is 33.3 Å². The summed E-state index contributed by atoms with van der Waals surface area (Å²) in [6, 6.07) is 7.45. The number of halogens is 1. The Labute approximate surface area is 143 Å². The standard InChI is InChI=1S/C18H25ClN2O2/c1-14(13-15-3-5-16(19)6-4-15)18(22)20-9-12-21-10-7-17(23-2)8-11-21/h3-6,13,17H,7-12H2,1-2H3,(H,20,22). The molecule has 0 atom stereocenters. The molecule has 0 radical (unpaired) electrons. The maximum absolute atomic E-state index is 12.1. The third-order valence-corrected chi connectivity index (χ3v) is 4.44. The van der Waals surface area contributed by atoms with Crippen LogP contribution in [0.3, 0.4) is 0 Å². The molecule has 126 valence electrons. The number of nitrogens with one attached hydrogen (secondary N) is 1. The van der Waals surface area contributed by atoms with Crippen molar-refractivity contribution < 1.29 is 9.53 Å². The van der Waals surface area contributed by atoms with Gasteiger partial charge in [0, 0.05) is 43.9 Å². The monoisotopic (exact) mass is 336 g/mol. The van der Waals surface area contributed by atoms with Crippen LogP contribution >= 0.6 is 11.6 Å². The summed E-state index contributed by atoms with van der Waals surface area (Å²) < 4.78 is 5.37. The zero-order valence-electron chi connectivity index (χ0n) is 13.8. The molecule has 0 spiro atoms. The lowest BCUT2D eigenvalue weighted by atomic mass is 10.1. The van der Waals surface area contributed by atoms with Gasteiger partial charge in [-0.1, -0.05) is 23.7 Å². The van der Waals surface area contributed by atoms with Crippen LogP contribution in [0.25, 0.3) is 6.08 Å². The summed E-state index contributed by atoms with van der Waals surface area (Å²) in [5.41, 5.74) is 1.68. The molecular formula is C18H25ClN2O2. The minimum Gasteiger partial charge on any atom is -0.381 e. The molecule has 1 aromatic rings. The number of ether oxygens (including phenoxy) is 1.